The lowest BCUT2D eigenvalue weighted by atomic mass is 10.2. The molecule has 1 aromatic heterocycles. The first-order valence-corrected chi connectivity index (χ1v) is 3.68. The summed E-state index contributed by atoms with van der Waals surface area (Å²) in [5, 5.41) is 3.03. The molecule has 0 unspecified atom stereocenters. The maximum absolute atomic E-state index is 4.00. The van der Waals surface area contributed by atoms with Crippen molar-refractivity contribution >= 4 is 5.69 Å². The van der Waals surface area contributed by atoms with Gasteiger partial charge >= 0.3 is 0 Å². The van der Waals surface area contributed by atoms with Crippen molar-refractivity contribution < 1.29 is 0 Å². The van der Waals surface area contributed by atoms with E-state index in [1.807, 2.05) is 6.07 Å². The maximum Gasteiger partial charge on any atom is 0.0598 e. The molecule has 0 atom stereocenters. The number of pyridine rings is 1. The molecular formula is C9H12N2. The number of aromatic nitrogens is 1. The summed E-state index contributed by atoms with van der Waals surface area (Å²) >= 11 is 0. The monoisotopic (exact) mass is 148 g/mol. The van der Waals surface area contributed by atoms with Gasteiger partial charge < -0.3 is 5.32 Å². The third-order valence-electron chi connectivity index (χ3n) is 1.55. The Morgan fingerprint density at radius 1 is 1.73 bits per heavy atom. The Labute approximate surface area is 67.0 Å². The van der Waals surface area contributed by atoms with Crippen LogP contribution in [0.2, 0.25) is 0 Å². The minimum Gasteiger partial charge on any atom is -0.361 e. The van der Waals surface area contributed by atoms with E-state index in [1.54, 1.807) is 18.6 Å². The zero-order chi connectivity index (χ0) is 8.10. The van der Waals surface area contributed by atoms with Crippen molar-refractivity contribution in [3.8, 4) is 0 Å². The van der Waals surface area contributed by atoms with Crippen molar-refractivity contribution in [1.82, 2.24) is 4.98 Å². The van der Waals surface area contributed by atoms with E-state index in [0.717, 1.165) is 12.1 Å². The van der Waals surface area contributed by atoms with Crippen molar-refractivity contribution in [3.63, 3.8) is 0 Å². The molecule has 1 heterocycles. The lowest BCUT2D eigenvalue weighted by molar-refractivity contribution is 1.12. The first kappa shape index (κ1) is 7.79. The highest BCUT2D eigenvalue weighted by molar-refractivity contribution is 5.50. The smallest absolute Gasteiger partial charge is 0.0598 e. The highest BCUT2D eigenvalue weighted by atomic mass is 14.9. The Morgan fingerprint density at radius 2 is 2.55 bits per heavy atom. The molecule has 0 bridgehead atoms. The van der Waals surface area contributed by atoms with E-state index in [4.69, 9.17) is 0 Å². The molecule has 0 saturated heterocycles. The fourth-order valence-corrected chi connectivity index (χ4v) is 0.971. The van der Waals surface area contributed by atoms with Crippen LogP contribution in [0.15, 0.2) is 31.2 Å². The number of anilines is 1. The summed E-state index contributed by atoms with van der Waals surface area (Å²) in [5.41, 5.74) is 2.31. The Hall–Kier alpha value is -1.31. The Bertz CT molecular complexity index is 243. The molecule has 0 saturated carbocycles. The Kier molecular flexibility index (Phi) is 2.66. The van der Waals surface area contributed by atoms with Gasteiger partial charge in [0.05, 0.1) is 11.9 Å². The molecule has 0 aliphatic heterocycles. The van der Waals surface area contributed by atoms with Gasteiger partial charge in [0.25, 0.3) is 0 Å². The third-order valence-corrected chi connectivity index (χ3v) is 1.55. The number of hydrogen-bond acceptors (Lipinski definition) is 2. The summed E-state index contributed by atoms with van der Waals surface area (Å²) in [6.07, 6.45) is 6.28. The van der Waals surface area contributed by atoms with E-state index in [1.165, 1.54) is 5.56 Å². The molecule has 11 heavy (non-hydrogen) atoms. The van der Waals surface area contributed by atoms with Gasteiger partial charge in [-0.2, -0.15) is 0 Å². The first-order valence-electron chi connectivity index (χ1n) is 3.68. The number of nitrogens with zero attached hydrogens (tertiary/aromatic N) is 1. The largest absolute Gasteiger partial charge is 0.361 e. The van der Waals surface area contributed by atoms with E-state index < -0.39 is 0 Å². The second-order valence-corrected chi connectivity index (χ2v) is 2.23. The van der Waals surface area contributed by atoms with Gasteiger partial charge in [-0.1, -0.05) is 13.5 Å². The molecule has 0 aliphatic carbocycles. The Balaban J connectivity index is 2.92. The van der Waals surface area contributed by atoms with E-state index in [9.17, 15) is 0 Å². The summed E-state index contributed by atoms with van der Waals surface area (Å²) in [5.74, 6) is 0. The zero-order valence-corrected chi connectivity index (χ0v) is 6.67. The molecule has 1 rings (SSSR count). The van der Waals surface area contributed by atoms with Crippen LogP contribution < -0.4 is 5.32 Å². The molecule has 1 aromatic rings. The van der Waals surface area contributed by atoms with Crippen LogP contribution in [0.4, 0.5) is 5.69 Å². The SMILES string of the molecule is C=CNc1cnccc1CC. The van der Waals surface area contributed by atoms with Crippen LogP contribution in [0.25, 0.3) is 0 Å². The predicted molar refractivity (Wildman–Crippen MR) is 47.4 cm³/mol. The molecule has 2 heteroatoms. The molecule has 0 spiro atoms. The quantitative estimate of drug-likeness (QED) is 0.710. The molecule has 0 aromatic carbocycles. The van der Waals surface area contributed by atoms with Crippen LogP contribution in [-0.4, -0.2) is 4.98 Å². The van der Waals surface area contributed by atoms with Crippen molar-refractivity contribution in [2.75, 3.05) is 5.32 Å². The third kappa shape index (κ3) is 1.80. The van der Waals surface area contributed by atoms with Gasteiger partial charge in [0.15, 0.2) is 0 Å². The minimum absolute atomic E-state index is 1.01. The van der Waals surface area contributed by atoms with Gasteiger partial charge in [-0.05, 0) is 24.3 Å². The highest BCUT2D eigenvalue weighted by Gasteiger charge is 1.95. The Morgan fingerprint density at radius 3 is 3.18 bits per heavy atom. The topological polar surface area (TPSA) is 24.9 Å². The molecule has 0 aliphatic rings. The lowest BCUT2D eigenvalue weighted by Crippen LogP contribution is -1.93. The second-order valence-electron chi connectivity index (χ2n) is 2.23. The van der Waals surface area contributed by atoms with E-state index in [0.29, 0.717) is 0 Å². The van der Waals surface area contributed by atoms with Crippen LogP contribution in [0.3, 0.4) is 0 Å². The van der Waals surface area contributed by atoms with Gasteiger partial charge in [-0.15, -0.1) is 0 Å². The summed E-state index contributed by atoms with van der Waals surface area (Å²) in [7, 11) is 0. The number of rotatable bonds is 3. The standard InChI is InChI=1S/C9H12N2/c1-3-8-5-6-10-7-9(8)11-4-2/h4-7,11H,2-3H2,1H3. The maximum atomic E-state index is 4.00. The van der Waals surface area contributed by atoms with Gasteiger partial charge in [-0.25, -0.2) is 0 Å². The van der Waals surface area contributed by atoms with Gasteiger partial charge in [-0.3, -0.25) is 4.98 Å². The average Bonchev–Trinajstić information content (AvgIpc) is 2.06. The van der Waals surface area contributed by atoms with Gasteiger partial charge in [0.2, 0.25) is 0 Å². The normalized spacial score (nSPS) is 9.18. The van der Waals surface area contributed by atoms with Crippen molar-refractivity contribution in [2.45, 2.75) is 13.3 Å². The summed E-state index contributed by atoms with van der Waals surface area (Å²) in [6.45, 7) is 5.71. The van der Waals surface area contributed by atoms with Gasteiger partial charge in [0, 0.05) is 6.20 Å². The van der Waals surface area contributed by atoms with Crippen molar-refractivity contribution in [2.24, 2.45) is 0 Å². The second kappa shape index (κ2) is 3.76. The highest BCUT2D eigenvalue weighted by Crippen LogP contribution is 2.12. The number of hydrogen-bond donors (Lipinski definition) is 1. The van der Waals surface area contributed by atoms with E-state index in [2.05, 4.69) is 23.8 Å². The van der Waals surface area contributed by atoms with E-state index in [-0.39, 0.29) is 0 Å². The zero-order valence-electron chi connectivity index (χ0n) is 6.67. The summed E-state index contributed by atoms with van der Waals surface area (Å²) in [6, 6.07) is 2.01. The molecule has 58 valence electrons. The van der Waals surface area contributed by atoms with Crippen molar-refractivity contribution in [1.29, 1.82) is 0 Å². The molecule has 0 fully saturated rings. The van der Waals surface area contributed by atoms with Crippen LogP contribution in [0, 0.1) is 0 Å². The first-order chi connectivity index (χ1) is 5.38. The van der Waals surface area contributed by atoms with Crippen LogP contribution >= 0.6 is 0 Å². The van der Waals surface area contributed by atoms with E-state index >= 15 is 0 Å². The number of aryl methyl sites for hydroxylation is 1. The van der Waals surface area contributed by atoms with Gasteiger partial charge in [0.1, 0.15) is 0 Å². The molecule has 1 N–H and O–H groups in total. The van der Waals surface area contributed by atoms with Crippen LogP contribution in [-0.2, 0) is 6.42 Å². The number of nitrogens with one attached hydrogen (secondary N) is 1. The predicted octanol–water partition coefficient (Wildman–Crippen LogP) is 2.20. The molecule has 2 nitrogen and oxygen atoms in total. The molecular weight excluding hydrogens is 136 g/mol. The fraction of sp³-hybridized carbons (Fsp3) is 0.222. The lowest BCUT2D eigenvalue weighted by Gasteiger charge is -2.04. The summed E-state index contributed by atoms with van der Waals surface area (Å²) in [4.78, 5) is 4.00. The van der Waals surface area contributed by atoms with Crippen LogP contribution in [0.5, 0.6) is 0 Å². The molecule has 0 amide bonds. The minimum atomic E-state index is 1.01. The van der Waals surface area contributed by atoms with Crippen molar-refractivity contribution in [3.05, 3.63) is 36.8 Å². The molecule has 0 radical (unpaired) electrons. The summed E-state index contributed by atoms with van der Waals surface area (Å²) < 4.78 is 0. The average molecular weight is 148 g/mol. The van der Waals surface area contributed by atoms with Crippen LogP contribution in [0.1, 0.15) is 12.5 Å². The fourth-order valence-electron chi connectivity index (χ4n) is 0.971.